The summed E-state index contributed by atoms with van der Waals surface area (Å²) in [7, 11) is 0. The van der Waals surface area contributed by atoms with Crippen LogP contribution in [0.15, 0.2) is 28.5 Å². The van der Waals surface area contributed by atoms with Crippen LogP contribution in [0, 0.1) is 0 Å². The van der Waals surface area contributed by atoms with Crippen molar-refractivity contribution in [2.45, 2.75) is 26.3 Å². The molecule has 2 aromatic rings. The van der Waals surface area contributed by atoms with Gasteiger partial charge in [0.15, 0.2) is 5.78 Å². The van der Waals surface area contributed by atoms with E-state index in [1.165, 1.54) is 4.57 Å². The predicted octanol–water partition coefficient (Wildman–Crippen LogP) is 2.43. The first kappa shape index (κ1) is 11.1. The molecule has 16 heavy (non-hydrogen) atoms. The van der Waals surface area contributed by atoms with Gasteiger partial charge in [0.2, 0.25) is 0 Å². The molecular weight excluding hydrogens is 222 g/mol. The number of aromatic nitrogens is 1. The molecule has 84 valence electrons. The number of hydrogen-bond donors (Lipinski definition) is 0. The molecule has 2 heterocycles. The third-order valence-corrected chi connectivity index (χ3v) is 3.35. The Morgan fingerprint density at radius 2 is 2.25 bits per heavy atom. The van der Waals surface area contributed by atoms with Gasteiger partial charge in [0.25, 0.3) is 5.56 Å². The molecule has 2 aromatic heterocycles. The SMILES string of the molecule is CCCC(=O)Cn1ccc2sccc2c1=O. The number of rotatable bonds is 4. The molecule has 0 amide bonds. The van der Waals surface area contributed by atoms with Gasteiger partial charge in [0.05, 0.1) is 11.9 Å². The van der Waals surface area contributed by atoms with Crippen LogP contribution in [-0.2, 0) is 11.3 Å². The lowest BCUT2D eigenvalue weighted by Gasteiger charge is -2.03. The summed E-state index contributed by atoms with van der Waals surface area (Å²) in [6.07, 6.45) is 3.07. The highest BCUT2D eigenvalue weighted by molar-refractivity contribution is 7.17. The number of ketones is 1. The number of carbonyl (C=O) groups is 1. The standard InChI is InChI=1S/C12H13NO2S/c1-2-3-9(14)8-13-6-4-11-10(12(13)15)5-7-16-11/h4-7H,2-3,8H2,1H3. The van der Waals surface area contributed by atoms with Crippen molar-refractivity contribution in [1.29, 1.82) is 0 Å². The van der Waals surface area contributed by atoms with Crippen LogP contribution in [0.1, 0.15) is 19.8 Å². The van der Waals surface area contributed by atoms with Crippen LogP contribution >= 0.6 is 11.3 Å². The predicted molar refractivity (Wildman–Crippen MR) is 66.0 cm³/mol. The van der Waals surface area contributed by atoms with E-state index in [0.717, 1.165) is 11.1 Å². The molecule has 0 fully saturated rings. The fourth-order valence-electron chi connectivity index (χ4n) is 1.68. The molecule has 0 unspecified atom stereocenters. The minimum absolute atomic E-state index is 0.0665. The Labute approximate surface area is 97.3 Å². The van der Waals surface area contributed by atoms with Crippen LogP contribution in [0.4, 0.5) is 0 Å². The minimum atomic E-state index is -0.0665. The molecule has 0 aliphatic carbocycles. The van der Waals surface area contributed by atoms with Gasteiger partial charge in [-0.05, 0) is 23.9 Å². The molecule has 0 aliphatic rings. The van der Waals surface area contributed by atoms with Crippen molar-refractivity contribution in [3.05, 3.63) is 34.1 Å². The Kier molecular flexibility index (Phi) is 3.19. The van der Waals surface area contributed by atoms with Gasteiger partial charge in [0, 0.05) is 17.3 Å². The van der Waals surface area contributed by atoms with Crippen LogP contribution in [0.25, 0.3) is 10.1 Å². The van der Waals surface area contributed by atoms with Crippen LogP contribution in [0.2, 0.25) is 0 Å². The Hall–Kier alpha value is -1.42. The van der Waals surface area contributed by atoms with Gasteiger partial charge in [-0.3, -0.25) is 9.59 Å². The molecule has 0 atom stereocenters. The van der Waals surface area contributed by atoms with Gasteiger partial charge in [0.1, 0.15) is 0 Å². The number of thiophene rings is 1. The quantitative estimate of drug-likeness (QED) is 0.816. The number of carbonyl (C=O) groups excluding carboxylic acids is 1. The Bertz CT molecular complexity index is 568. The molecule has 0 saturated carbocycles. The average molecular weight is 235 g/mol. The Morgan fingerprint density at radius 1 is 1.44 bits per heavy atom. The van der Waals surface area contributed by atoms with Crippen molar-refractivity contribution < 1.29 is 4.79 Å². The lowest BCUT2D eigenvalue weighted by atomic mass is 10.2. The average Bonchev–Trinajstić information content (AvgIpc) is 2.71. The van der Waals surface area contributed by atoms with Crippen molar-refractivity contribution in [2.24, 2.45) is 0 Å². The maximum Gasteiger partial charge on any atom is 0.259 e. The van der Waals surface area contributed by atoms with Gasteiger partial charge < -0.3 is 4.57 Å². The molecule has 0 bridgehead atoms. The van der Waals surface area contributed by atoms with Gasteiger partial charge in [-0.15, -0.1) is 11.3 Å². The zero-order valence-electron chi connectivity index (χ0n) is 9.10. The zero-order valence-corrected chi connectivity index (χ0v) is 9.92. The summed E-state index contributed by atoms with van der Waals surface area (Å²) >= 11 is 1.54. The maximum absolute atomic E-state index is 11.9. The monoisotopic (exact) mass is 235 g/mol. The van der Waals surface area contributed by atoms with E-state index < -0.39 is 0 Å². The highest BCUT2D eigenvalue weighted by Crippen LogP contribution is 2.16. The molecular formula is C12H13NO2S. The molecule has 0 spiro atoms. The summed E-state index contributed by atoms with van der Waals surface area (Å²) in [4.78, 5) is 23.4. The highest BCUT2D eigenvalue weighted by Gasteiger charge is 2.06. The van der Waals surface area contributed by atoms with Gasteiger partial charge in [-0.1, -0.05) is 6.92 Å². The van der Waals surface area contributed by atoms with Crippen molar-refractivity contribution in [3.8, 4) is 0 Å². The van der Waals surface area contributed by atoms with E-state index in [1.54, 1.807) is 17.5 Å². The molecule has 4 heteroatoms. The second kappa shape index (κ2) is 4.61. The molecule has 0 N–H and O–H groups in total. The van der Waals surface area contributed by atoms with E-state index in [1.807, 2.05) is 24.4 Å². The lowest BCUT2D eigenvalue weighted by Crippen LogP contribution is -2.23. The zero-order chi connectivity index (χ0) is 11.5. The van der Waals surface area contributed by atoms with E-state index in [9.17, 15) is 9.59 Å². The Morgan fingerprint density at radius 3 is 3.00 bits per heavy atom. The molecule has 0 aromatic carbocycles. The number of fused-ring (bicyclic) bond motifs is 1. The fourth-order valence-corrected chi connectivity index (χ4v) is 2.45. The summed E-state index contributed by atoms with van der Waals surface area (Å²) in [6.45, 7) is 2.15. The van der Waals surface area contributed by atoms with E-state index in [4.69, 9.17) is 0 Å². The second-order valence-electron chi connectivity index (χ2n) is 3.74. The van der Waals surface area contributed by atoms with Gasteiger partial charge >= 0.3 is 0 Å². The first-order valence-electron chi connectivity index (χ1n) is 5.30. The van der Waals surface area contributed by atoms with Crippen molar-refractivity contribution in [1.82, 2.24) is 4.57 Å². The Balaban J connectivity index is 2.34. The lowest BCUT2D eigenvalue weighted by molar-refractivity contribution is -0.119. The summed E-state index contributed by atoms with van der Waals surface area (Å²) in [5, 5.41) is 2.60. The van der Waals surface area contributed by atoms with Crippen molar-refractivity contribution in [2.75, 3.05) is 0 Å². The minimum Gasteiger partial charge on any atom is -0.308 e. The largest absolute Gasteiger partial charge is 0.308 e. The van der Waals surface area contributed by atoms with Crippen LogP contribution in [0.3, 0.4) is 0 Å². The number of pyridine rings is 1. The van der Waals surface area contributed by atoms with E-state index >= 15 is 0 Å². The van der Waals surface area contributed by atoms with Crippen molar-refractivity contribution >= 4 is 27.2 Å². The van der Waals surface area contributed by atoms with E-state index in [-0.39, 0.29) is 17.9 Å². The van der Waals surface area contributed by atoms with Gasteiger partial charge in [-0.2, -0.15) is 0 Å². The van der Waals surface area contributed by atoms with Crippen molar-refractivity contribution in [3.63, 3.8) is 0 Å². The van der Waals surface area contributed by atoms with Gasteiger partial charge in [-0.25, -0.2) is 0 Å². The maximum atomic E-state index is 11.9. The molecule has 2 rings (SSSR count). The summed E-state index contributed by atoms with van der Waals surface area (Å²) in [5.74, 6) is 0.110. The van der Waals surface area contributed by atoms with E-state index in [2.05, 4.69) is 0 Å². The second-order valence-corrected chi connectivity index (χ2v) is 4.68. The molecule has 0 aliphatic heterocycles. The smallest absolute Gasteiger partial charge is 0.259 e. The normalized spacial score (nSPS) is 10.8. The molecule has 3 nitrogen and oxygen atoms in total. The van der Waals surface area contributed by atoms with Crippen LogP contribution in [0.5, 0.6) is 0 Å². The topological polar surface area (TPSA) is 39.1 Å². The summed E-state index contributed by atoms with van der Waals surface area (Å²) < 4.78 is 2.47. The number of nitrogens with zero attached hydrogens (tertiary/aromatic N) is 1. The molecule has 0 saturated heterocycles. The third-order valence-electron chi connectivity index (χ3n) is 2.47. The third kappa shape index (κ3) is 2.07. The highest BCUT2D eigenvalue weighted by atomic mass is 32.1. The fraction of sp³-hybridized carbons (Fsp3) is 0.333. The first-order valence-corrected chi connectivity index (χ1v) is 6.18. The molecule has 0 radical (unpaired) electrons. The summed E-state index contributed by atoms with van der Waals surface area (Å²) in [5.41, 5.74) is -0.0665. The van der Waals surface area contributed by atoms with E-state index in [0.29, 0.717) is 11.8 Å². The summed E-state index contributed by atoms with van der Waals surface area (Å²) in [6, 6.07) is 3.70. The number of hydrogen-bond acceptors (Lipinski definition) is 3. The van der Waals surface area contributed by atoms with Crippen LogP contribution in [-0.4, -0.2) is 10.4 Å². The first-order chi connectivity index (χ1) is 7.72. The number of Topliss-reactive ketones (excluding diaryl/α,β-unsaturated/α-hetero) is 1. The van der Waals surface area contributed by atoms with Crippen LogP contribution < -0.4 is 5.56 Å².